The lowest BCUT2D eigenvalue weighted by molar-refractivity contribution is 0.605. The van der Waals surface area contributed by atoms with Crippen LogP contribution in [-0.2, 0) is 0 Å². The van der Waals surface area contributed by atoms with E-state index in [2.05, 4.69) is 192 Å². The molecule has 0 saturated heterocycles. The maximum absolute atomic E-state index is 4.55. The predicted octanol–water partition coefficient (Wildman–Crippen LogP) is 12.5. The Bertz CT molecular complexity index is 2850. The highest BCUT2D eigenvalue weighted by Gasteiger charge is 2.37. The molecule has 2 aromatic heterocycles. The van der Waals surface area contributed by atoms with E-state index in [1.165, 1.54) is 66.2 Å². The summed E-state index contributed by atoms with van der Waals surface area (Å²) in [6, 6.07) is 42.5. The summed E-state index contributed by atoms with van der Waals surface area (Å²) >= 11 is 0. The van der Waals surface area contributed by atoms with E-state index in [-0.39, 0.29) is 11.8 Å². The maximum atomic E-state index is 4.55. The Labute approximate surface area is 309 Å². The van der Waals surface area contributed by atoms with Crippen LogP contribution in [0, 0.1) is 17.8 Å². The van der Waals surface area contributed by atoms with Crippen LogP contribution in [0.25, 0.3) is 55.0 Å². The number of nitrogens with zero attached hydrogens (tertiary/aromatic N) is 2. The zero-order valence-corrected chi connectivity index (χ0v) is 29.2. The van der Waals surface area contributed by atoms with Crippen molar-refractivity contribution >= 4 is 38.2 Å². The fraction of sp³-hybridized carbons (Fsp3) is 0.0784. The van der Waals surface area contributed by atoms with Gasteiger partial charge in [0.25, 0.3) is 0 Å². The van der Waals surface area contributed by atoms with Gasteiger partial charge in [0, 0.05) is 52.5 Å². The second-order valence-electron chi connectivity index (χ2n) is 14.6. The van der Waals surface area contributed by atoms with Crippen LogP contribution >= 0.6 is 0 Å². The summed E-state index contributed by atoms with van der Waals surface area (Å²) in [5.74, 6) is 1.36. The first-order valence-electron chi connectivity index (χ1n) is 18.7. The van der Waals surface area contributed by atoms with E-state index in [9.17, 15) is 0 Å². The Kier molecular flexibility index (Phi) is 6.85. The lowest BCUT2D eigenvalue weighted by Gasteiger charge is -2.39. The maximum Gasteiger partial charge on any atom is 0.0571 e. The number of para-hydroxylation sites is 1. The van der Waals surface area contributed by atoms with Crippen LogP contribution in [0.15, 0.2) is 206 Å². The molecule has 0 radical (unpaired) electrons. The van der Waals surface area contributed by atoms with Gasteiger partial charge >= 0.3 is 0 Å². The first-order chi connectivity index (χ1) is 26.3. The second kappa shape index (κ2) is 12.0. The van der Waals surface area contributed by atoms with Gasteiger partial charge in [-0.05, 0) is 85.6 Å². The van der Waals surface area contributed by atoms with Gasteiger partial charge in [0.15, 0.2) is 0 Å². The molecule has 250 valence electrons. The summed E-state index contributed by atoms with van der Waals surface area (Å²) in [5.41, 5.74) is 14.1. The highest BCUT2D eigenvalue weighted by molar-refractivity contribution is 6.12. The fourth-order valence-corrected chi connectivity index (χ4v) is 9.50. The lowest BCUT2D eigenvalue weighted by atomic mass is 9.64. The molecule has 53 heavy (non-hydrogen) atoms. The molecule has 2 heterocycles. The van der Waals surface area contributed by atoms with Gasteiger partial charge in [-0.2, -0.15) is 0 Å². The van der Waals surface area contributed by atoms with Gasteiger partial charge in [-0.1, -0.05) is 152 Å². The third kappa shape index (κ3) is 4.69. The van der Waals surface area contributed by atoms with Gasteiger partial charge < -0.3 is 4.57 Å². The zero-order valence-electron chi connectivity index (χ0n) is 29.2. The molecule has 0 fully saturated rings. The molecule has 0 bridgehead atoms. The van der Waals surface area contributed by atoms with E-state index in [1.807, 2.05) is 12.4 Å². The zero-order chi connectivity index (χ0) is 34.9. The van der Waals surface area contributed by atoms with E-state index < -0.39 is 0 Å². The quantitative estimate of drug-likeness (QED) is 0.181. The summed E-state index contributed by atoms with van der Waals surface area (Å²) in [7, 11) is 0. The van der Waals surface area contributed by atoms with Crippen molar-refractivity contribution in [3.63, 3.8) is 0 Å². The number of benzene rings is 5. The van der Waals surface area contributed by atoms with Crippen LogP contribution in [-0.4, -0.2) is 9.55 Å². The molecule has 2 nitrogen and oxygen atoms in total. The second-order valence-corrected chi connectivity index (χ2v) is 14.6. The molecule has 0 amide bonds. The number of fused-ring (bicyclic) bond motifs is 7. The van der Waals surface area contributed by atoms with Crippen LogP contribution < -0.4 is 0 Å². The van der Waals surface area contributed by atoms with Crippen molar-refractivity contribution in [3.05, 3.63) is 222 Å². The van der Waals surface area contributed by atoms with E-state index in [4.69, 9.17) is 0 Å². The molecular formula is C51H36N2. The van der Waals surface area contributed by atoms with Crippen molar-refractivity contribution in [3.8, 4) is 16.8 Å². The van der Waals surface area contributed by atoms with Crippen LogP contribution in [0.1, 0.15) is 22.6 Å². The van der Waals surface area contributed by atoms with Crippen molar-refractivity contribution < 1.29 is 0 Å². The lowest BCUT2D eigenvalue weighted by Crippen LogP contribution is -2.25. The minimum Gasteiger partial charge on any atom is -0.309 e. The Hall–Kier alpha value is -6.51. The molecule has 0 saturated carbocycles. The molecule has 0 aliphatic heterocycles. The predicted molar refractivity (Wildman–Crippen MR) is 221 cm³/mol. The molecule has 4 aliphatic rings. The normalized spacial score (nSPS) is 21.2. The average molecular weight is 677 g/mol. The van der Waals surface area contributed by atoms with Crippen molar-refractivity contribution in [1.82, 2.24) is 9.55 Å². The SMILES string of the molecule is C1=CC2=C(c3ccc(-c4ccc5c(c4)c4cnccc4n5-c4ccccc4)c4ccccc34)c3ccccc3C(C3=CC4C=CC=CC4C=C3)C2C=C1. The van der Waals surface area contributed by atoms with Crippen LogP contribution in [0.2, 0.25) is 0 Å². The number of rotatable bonds is 4. The summed E-state index contributed by atoms with van der Waals surface area (Å²) < 4.78 is 2.35. The molecule has 4 unspecified atom stereocenters. The van der Waals surface area contributed by atoms with Crippen molar-refractivity contribution in [2.24, 2.45) is 17.8 Å². The van der Waals surface area contributed by atoms with E-state index in [1.54, 1.807) is 0 Å². The first kappa shape index (κ1) is 30.1. The van der Waals surface area contributed by atoms with Gasteiger partial charge in [-0.3, -0.25) is 4.98 Å². The Morgan fingerprint density at radius 1 is 0.528 bits per heavy atom. The summed E-state index contributed by atoms with van der Waals surface area (Å²) in [5, 5.41) is 4.90. The van der Waals surface area contributed by atoms with E-state index >= 15 is 0 Å². The molecule has 7 aromatic rings. The first-order valence-corrected chi connectivity index (χ1v) is 18.7. The van der Waals surface area contributed by atoms with Crippen LogP contribution in [0.4, 0.5) is 0 Å². The van der Waals surface area contributed by atoms with Gasteiger partial charge in [0.1, 0.15) is 0 Å². The largest absolute Gasteiger partial charge is 0.309 e. The van der Waals surface area contributed by atoms with Gasteiger partial charge in [0.2, 0.25) is 0 Å². The third-order valence-corrected chi connectivity index (χ3v) is 11.8. The number of pyridine rings is 1. The minimum atomic E-state index is 0.247. The van der Waals surface area contributed by atoms with Gasteiger partial charge in [-0.25, -0.2) is 0 Å². The average Bonchev–Trinajstić information content (AvgIpc) is 3.56. The highest BCUT2D eigenvalue weighted by Crippen LogP contribution is 2.53. The molecule has 4 atom stereocenters. The van der Waals surface area contributed by atoms with Crippen LogP contribution in [0.5, 0.6) is 0 Å². The van der Waals surface area contributed by atoms with Crippen LogP contribution in [0.3, 0.4) is 0 Å². The Morgan fingerprint density at radius 3 is 2.19 bits per heavy atom. The number of hydrogen-bond donors (Lipinski definition) is 0. The minimum absolute atomic E-state index is 0.247. The summed E-state index contributed by atoms with van der Waals surface area (Å²) in [6.07, 6.45) is 29.5. The monoisotopic (exact) mass is 676 g/mol. The van der Waals surface area contributed by atoms with Gasteiger partial charge in [0.05, 0.1) is 11.0 Å². The fourth-order valence-electron chi connectivity index (χ4n) is 9.50. The van der Waals surface area contributed by atoms with Crippen molar-refractivity contribution in [1.29, 1.82) is 0 Å². The standard InChI is InChI=1S/C51H36N2/c1-2-14-37(15-3-1)53-48-27-24-35(31-46(48)47-32-52-29-28-49(47)53)38-25-26-45(40-17-7-6-16-39(38)40)51-43-20-10-8-18-41(43)50(42-19-9-11-21-44(42)51)36-23-22-33-12-4-5-13-34(33)30-36/h1-34,41,50H. The van der Waals surface area contributed by atoms with E-state index in [0.717, 1.165) is 16.6 Å². The third-order valence-electron chi connectivity index (χ3n) is 11.8. The van der Waals surface area contributed by atoms with Gasteiger partial charge in [-0.15, -0.1) is 0 Å². The highest BCUT2D eigenvalue weighted by atomic mass is 15.0. The smallest absolute Gasteiger partial charge is 0.0571 e. The summed E-state index contributed by atoms with van der Waals surface area (Å²) in [4.78, 5) is 4.55. The molecular weight excluding hydrogens is 641 g/mol. The number of aromatic nitrogens is 2. The molecule has 0 N–H and O–H groups in total. The molecule has 5 aromatic carbocycles. The number of hydrogen-bond acceptors (Lipinski definition) is 1. The molecule has 4 aliphatic carbocycles. The van der Waals surface area contributed by atoms with Crippen molar-refractivity contribution in [2.75, 3.05) is 0 Å². The summed E-state index contributed by atoms with van der Waals surface area (Å²) in [6.45, 7) is 0. The Balaban J connectivity index is 1.08. The molecule has 0 spiro atoms. The van der Waals surface area contributed by atoms with Crippen molar-refractivity contribution in [2.45, 2.75) is 5.92 Å². The number of allylic oxidation sites excluding steroid dienone is 13. The molecule has 2 heteroatoms. The van der Waals surface area contributed by atoms with E-state index in [0.29, 0.717) is 11.8 Å². The molecule has 11 rings (SSSR count). The Morgan fingerprint density at radius 2 is 1.28 bits per heavy atom. The topological polar surface area (TPSA) is 17.8 Å².